The van der Waals surface area contributed by atoms with E-state index < -0.39 is 38.7 Å². The Labute approximate surface area is 179 Å². The molecule has 29 heavy (non-hydrogen) atoms. The molecule has 0 aromatic heterocycles. The second kappa shape index (κ2) is 12.0. The van der Waals surface area contributed by atoms with Gasteiger partial charge in [0.2, 0.25) is 0 Å². The molecule has 1 aromatic carbocycles. The third kappa shape index (κ3) is 6.09. The molecule has 0 aliphatic rings. The number of carbonyl (C=O) groups is 2. The molecule has 6 nitrogen and oxygen atoms in total. The highest BCUT2D eigenvalue weighted by Crippen LogP contribution is 2.48. The third-order valence-electron chi connectivity index (χ3n) is 4.57. The van der Waals surface area contributed by atoms with Crippen LogP contribution >= 0.6 is 11.8 Å². The molecule has 0 bridgehead atoms. The largest absolute Gasteiger partial charge is 0.489 e. The molecule has 0 spiro atoms. The molecule has 8 heteroatoms. The van der Waals surface area contributed by atoms with Gasteiger partial charge >= 0.3 is 11.9 Å². The van der Waals surface area contributed by atoms with Gasteiger partial charge in [-0.2, -0.15) is 0 Å². The molecule has 0 radical (unpaired) electrons. The van der Waals surface area contributed by atoms with Crippen LogP contribution in [0.5, 0.6) is 5.75 Å². The molecule has 0 heterocycles. The van der Waals surface area contributed by atoms with Crippen LogP contribution in [-0.4, -0.2) is 52.6 Å². The number of benzene rings is 1. The smallest absolute Gasteiger partial charge is 0.321 e. The highest BCUT2D eigenvalue weighted by Gasteiger charge is 2.51. The van der Waals surface area contributed by atoms with Gasteiger partial charge in [0.25, 0.3) is 0 Å². The Bertz CT molecular complexity index is 718. The van der Waals surface area contributed by atoms with E-state index in [2.05, 4.69) is 6.58 Å². The first-order valence-electron chi connectivity index (χ1n) is 9.32. The molecule has 3 atom stereocenters. The van der Waals surface area contributed by atoms with Crippen LogP contribution in [0, 0.1) is 5.92 Å². The van der Waals surface area contributed by atoms with E-state index in [0.29, 0.717) is 11.3 Å². The van der Waals surface area contributed by atoms with E-state index >= 15 is 0 Å². The zero-order chi connectivity index (χ0) is 22.0. The molecule has 0 N–H and O–H groups in total. The lowest BCUT2D eigenvalue weighted by Crippen LogP contribution is -2.45. The fourth-order valence-electron chi connectivity index (χ4n) is 3.04. The summed E-state index contributed by atoms with van der Waals surface area (Å²) in [6.07, 6.45) is 4.96. The van der Waals surface area contributed by atoms with Crippen molar-refractivity contribution >= 4 is 34.5 Å². The summed E-state index contributed by atoms with van der Waals surface area (Å²) in [6, 6.07) is 7.10. The summed E-state index contributed by atoms with van der Waals surface area (Å²) >= 11 is 1.32. The molecule has 162 valence electrons. The van der Waals surface area contributed by atoms with E-state index in [1.165, 1.54) is 11.8 Å². The molecule has 0 amide bonds. The van der Waals surface area contributed by atoms with Crippen LogP contribution in [0.25, 0.3) is 0 Å². The molecular formula is C21H30O6S2. The molecule has 0 saturated carbocycles. The number of rotatable bonds is 12. The average molecular weight is 443 g/mol. The predicted molar refractivity (Wildman–Crippen MR) is 118 cm³/mol. The van der Waals surface area contributed by atoms with Crippen LogP contribution in [0.1, 0.15) is 32.3 Å². The van der Waals surface area contributed by atoms with Crippen LogP contribution in [0.4, 0.5) is 0 Å². The van der Waals surface area contributed by atoms with Crippen LogP contribution in [0.2, 0.25) is 0 Å². The van der Waals surface area contributed by atoms with Gasteiger partial charge in [-0.3, -0.25) is 13.8 Å². The lowest BCUT2D eigenvalue weighted by Gasteiger charge is -2.38. The number of ether oxygens (including phenoxy) is 3. The molecule has 3 unspecified atom stereocenters. The third-order valence-corrected chi connectivity index (χ3v) is 8.23. The average Bonchev–Trinajstić information content (AvgIpc) is 2.70. The Morgan fingerprint density at radius 2 is 1.76 bits per heavy atom. The highest BCUT2D eigenvalue weighted by atomic mass is 32.2. The number of hydrogen-bond acceptors (Lipinski definition) is 7. The minimum Gasteiger partial charge on any atom is -0.489 e. The van der Waals surface area contributed by atoms with E-state index in [1.54, 1.807) is 63.6 Å². The zero-order valence-corrected chi connectivity index (χ0v) is 19.3. The molecular weight excluding hydrogens is 412 g/mol. The fraction of sp³-hybridized carbons (Fsp3) is 0.524. The van der Waals surface area contributed by atoms with Gasteiger partial charge < -0.3 is 14.2 Å². The molecule has 1 rings (SSSR count). The Hall–Kier alpha value is -1.80. The lowest BCUT2D eigenvalue weighted by atomic mass is 9.82. The number of hydrogen-bond donors (Lipinski definition) is 0. The highest BCUT2D eigenvalue weighted by molar-refractivity contribution is 8.11. The zero-order valence-electron chi connectivity index (χ0n) is 17.6. The Kier molecular flexibility index (Phi) is 10.5. The van der Waals surface area contributed by atoms with Crippen molar-refractivity contribution in [3.63, 3.8) is 0 Å². The maximum absolute atomic E-state index is 12.9. The maximum atomic E-state index is 12.9. The number of esters is 2. The maximum Gasteiger partial charge on any atom is 0.321 e. The Morgan fingerprint density at radius 3 is 2.21 bits per heavy atom. The normalized spacial score (nSPS) is 15.1. The molecule has 0 aliphatic heterocycles. The van der Waals surface area contributed by atoms with Gasteiger partial charge in [0.1, 0.15) is 12.4 Å². The fourth-order valence-corrected chi connectivity index (χ4v) is 5.11. The second-order valence-corrected chi connectivity index (χ2v) is 9.54. The number of para-hydroxylation sites is 1. The van der Waals surface area contributed by atoms with Gasteiger partial charge in [0.05, 0.1) is 17.3 Å². The lowest BCUT2D eigenvalue weighted by molar-refractivity contribution is -0.163. The van der Waals surface area contributed by atoms with E-state index in [-0.39, 0.29) is 19.8 Å². The summed E-state index contributed by atoms with van der Waals surface area (Å²) in [5, 5.41) is 0. The van der Waals surface area contributed by atoms with Crippen molar-refractivity contribution in [2.24, 2.45) is 5.92 Å². The topological polar surface area (TPSA) is 78.9 Å². The van der Waals surface area contributed by atoms with Crippen molar-refractivity contribution in [3.8, 4) is 5.75 Å². The number of thioether (sulfide) groups is 1. The van der Waals surface area contributed by atoms with E-state index in [1.807, 2.05) is 0 Å². The van der Waals surface area contributed by atoms with Crippen LogP contribution in [0.15, 0.2) is 36.9 Å². The van der Waals surface area contributed by atoms with Crippen molar-refractivity contribution in [3.05, 3.63) is 42.5 Å². The first kappa shape index (κ1) is 25.2. The molecule has 0 fully saturated rings. The van der Waals surface area contributed by atoms with Crippen LogP contribution in [-0.2, 0) is 29.9 Å². The van der Waals surface area contributed by atoms with Crippen LogP contribution in [0.3, 0.4) is 0 Å². The van der Waals surface area contributed by atoms with E-state index in [0.717, 1.165) is 0 Å². The van der Waals surface area contributed by atoms with Crippen molar-refractivity contribution in [1.29, 1.82) is 0 Å². The van der Waals surface area contributed by atoms with Crippen molar-refractivity contribution in [2.75, 3.05) is 32.3 Å². The van der Waals surface area contributed by atoms with Crippen LogP contribution < -0.4 is 4.74 Å². The SMILES string of the molecule is C=CCOc1ccccc1C(C(C(=O)OCC)C(=O)OCC)C(C)(SC)S(C)=O. The molecule has 0 aliphatic carbocycles. The predicted octanol–water partition coefficient (Wildman–Crippen LogP) is 3.54. The van der Waals surface area contributed by atoms with Crippen molar-refractivity contribution in [2.45, 2.75) is 30.8 Å². The first-order valence-corrected chi connectivity index (χ1v) is 12.1. The summed E-state index contributed by atoms with van der Waals surface area (Å²) in [5.74, 6) is -3.02. The first-order chi connectivity index (χ1) is 13.8. The monoisotopic (exact) mass is 442 g/mol. The Morgan fingerprint density at radius 1 is 1.21 bits per heavy atom. The van der Waals surface area contributed by atoms with E-state index in [9.17, 15) is 13.8 Å². The second-order valence-electron chi connectivity index (χ2n) is 6.27. The van der Waals surface area contributed by atoms with Gasteiger partial charge in [0, 0.05) is 28.5 Å². The molecule has 0 saturated heterocycles. The van der Waals surface area contributed by atoms with Gasteiger partial charge in [-0.15, -0.1) is 11.8 Å². The summed E-state index contributed by atoms with van der Waals surface area (Å²) in [4.78, 5) is 25.8. The Balaban J connectivity index is 3.75. The summed E-state index contributed by atoms with van der Waals surface area (Å²) in [7, 11) is -1.40. The summed E-state index contributed by atoms with van der Waals surface area (Å²) in [6.45, 7) is 9.24. The molecule has 1 aromatic rings. The summed E-state index contributed by atoms with van der Waals surface area (Å²) < 4.78 is 28.0. The summed E-state index contributed by atoms with van der Waals surface area (Å²) in [5.41, 5.74) is 0.590. The van der Waals surface area contributed by atoms with Gasteiger partial charge in [-0.05, 0) is 33.1 Å². The van der Waals surface area contributed by atoms with Gasteiger partial charge in [-0.25, -0.2) is 0 Å². The minimum absolute atomic E-state index is 0.112. The quantitative estimate of drug-likeness (QED) is 0.278. The minimum atomic E-state index is -1.40. The standard InChI is InChI=1S/C21H30O6S2/c1-7-14-27-16-13-11-10-12-15(16)18(21(4,28-5)29(6)24)17(19(22)25-8-2)20(23)26-9-3/h7,10-13,17-18H,1,8-9,14H2,2-6H3. The van der Waals surface area contributed by atoms with Gasteiger partial charge in [0.15, 0.2) is 5.92 Å². The number of carbonyl (C=O) groups excluding carboxylic acids is 2. The van der Waals surface area contributed by atoms with Crippen molar-refractivity contribution < 1.29 is 28.0 Å². The van der Waals surface area contributed by atoms with Crippen molar-refractivity contribution in [1.82, 2.24) is 0 Å². The van der Waals surface area contributed by atoms with Gasteiger partial charge in [-0.1, -0.05) is 30.9 Å². The van der Waals surface area contributed by atoms with E-state index in [4.69, 9.17) is 14.2 Å².